The Labute approximate surface area is 159 Å². The molecule has 1 N–H and O–H groups in total. The third-order valence-electron chi connectivity index (χ3n) is 4.51. The quantitative estimate of drug-likeness (QED) is 0.719. The summed E-state index contributed by atoms with van der Waals surface area (Å²) in [5, 5.41) is 2.90. The Morgan fingerprint density at radius 2 is 2.00 bits per heavy atom. The van der Waals surface area contributed by atoms with E-state index >= 15 is 0 Å². The predicted octanol–water partition coefficient (Wildman–Crippen LogP) is 3.53. The number of rotatable bonds is 8. The van der Waals surface area contributed by atoms with Crippen LogP contribution in [0.15, 0.2) is 30.3 Å². The molecule has 1 saturated heterocycles. The van der Waals surface area contributed by atoms with Crippen LogP contribution in [-0.4, -0.2) is 68.3 Å². The number of amides is 2. The zero-order valence-electron chi connectivity index (χ0n) is 17.2. The summed E-state index contributed by atoms with van der Waals surface area (Å²) in [6.45, 7) is 10.0. The van der Waals surface area contributed by atoms with Gasteiger partial charge in [-0.05, 0) is 46.6 Å². The molecule has 1 heterocycles. The lowest BCUT2D eigenvalue weighted by atomic mass is 10.0. The van der Waals surface area contributed by atoms with Gasteiger partial charge in [-0.15, -0.1) is 0 Å². The first kappa shape index (κ1) is 22.5. The van der Waals surface area contributed by atoms with Crippen LogP contribution in [0.4, 0.5) is 4.79 Å². The van der Waals surface area contributed by atoms with Crippen molar-refractivity contribution >= 4 is 6.03 Å². The van der Waals surface area contributed by atoms with Crippen LogP contribution in [0, 0.1) is 6.92 Å². The van der Waals surface area contributed by atoms with Crippen LogP contribution in [-0.2, 0) is 4.74 Å². The van der Waals surface area contributed by atoms with Crippen LogP contribution in [0.2, 0.25) is 0 Å². The van der Waals surface area contributed by atoms with Crippen LogP contribution in [0.1, 0.15) is 38.7 Å². The van der Waals surface area contributed by atoms with E-state index < -0.39 is 0 Å². The monoisotopic (exact) mass is 363 g/mol. The summed E-state index contributed by atoms with van der Waals surface area (Å²) >= 11 is 0. The molecule has 148 valence electrons. The van der Waals surface area contributed by atoms with Crippen molar-refractivity contribution in [3.05, 3.63) is 35.9 Å². The molecule has 1 fully saturated rings. The third-order valence-corrected chi connectivity index (χ3v) is 4.51. The summed E-state index contributed by atoms with van der Waals surface area (Å²) in [6, 6.07) is 11.1. The van der Waals surface area contributed by atoms with Crippen molar-refractivity contribution in [2.24, 2.45) is 0 Å². The fourth-order valence-electron chi connectivity index (χ4n) is 2.83. The summed E-state index contributed by atoms with van der Waals surface area (Å²) in [5.41, 5.74) is 1.32. The molecule has 0 radical (unpaired) electrons. The summed E-state index contributed by atoms with van der Waals surface area (Å²) in [5.74, 6) is 0. The molecule has 1 unspecified atom stereocenters. The molecule has 2 amide bonds. The van der Waals surface area contributed by atoms with E-state index in [1.54, 1.807) is 12.0 Å². The SMILES string of the molecule is COCC1CCN1CCCCN(C)C(=O)NC(C)C.Cc1ccccc1. The van der Waals surface area contributed by atoms with Crippen molar-refractivity contribution in [3.8, 4) is 0 Å². The van der Waals surface area contributed by atoms with Gasteiger partial charge in [0.05, 0.1) is 6.61 Å². The van der Waals surface area contributed by atoms with Gasteiger partial charge in [-0.2, -0.15) is 0 Å². The summed E-state index contributed by atoms with van der Waals surface area (Å²) in [6.07, 6.45) is 3.45. The van der Waals surface area contributed by atoms with E-state index in [0.29, 0.717) is 6.04 Å². The van der Waals surface area contributed by atoms with E-state index in [1.165, 1.54) is 18.5 Å². The lowest BCUT2D eigenvalue weighted by Crippen LogP contribution is -2.50. The molecule has 1 aliphatic heterocycles. The van der Waals surface area contributed by atoms with Crippen molar-refractivity contribution in [1.82, 2.24) is 15.1 Å². The first-order chi connectivity index (χ1) is 12.4. The van der Waals surface area contributed by atoms with Crippen LogP contribution < -0.4 is 5.32 Å². The standard InChI is InChI=1S/C14H29N3O2.C7H8/c1-12(2)15-14(18)16(3)8-5-6-9-17-10-7-13(17)11-19-4;1-7-5-3-2-4-6-7/h12-13H,5-11H2,1-4H3,(H,15,18);2-6H,1H3. The van der Waals surface area contributed by atoms with Crippen molar-refractivity contribution in [1.29, 1.82) is 0 Å². The summed E-state index contributed by atoms with van der Waals surface area (Å²) in [4.78, 5) is 15.9. The van der Waals surface area contributed by atoms with Gasteiger partial charge in [-0.3, -0.25) is 4.90 Å². The molecule has 1 aromatic rings. The van der Waals surface area contributed by atoms with Crippen LogP contribution >= 0.6 is 0 Å². The van der Waals surface area contributed by atoms with Gasteiger partial charge in [0.2, 0.25) is 0 Å². The number of ether oxygens (including phenoxy) is 1. The summed E-state index contributed by atoms with van der Waals surface area (Å²) in [7, 11) is 3.62. The average molecular weight is 364 g/mol. The minimum absolute atomic E-state index is 0.0243. The number of benzene rings is 1. The average Bonchev–Trinajstić information content (AvgIpc) is 2.59. The number of carbonyl (C=O) groups excluding carboxylic acids is 1. The molecule has 5 heteroatoms. The van der Waals surface area contributed by atoms with Crippen molar-refractivity contribution < 1.29 is 9.53 Å². The topological polar surface area (TPSA) is 44.8 Å². The molecular weight excluding hydrogens is 326 g/mol. The predicted molar refractivity (Wildman–Crippen MR) is 109 cm³/mol. The number of nitrogens with zero attached hydrogens (tertiary/aromatic N) is 2. The number of methoxy groups -OCH3 is 1. The second-order valence-corrected chi connectivity index (χ2v) is 7.32. The molecule has 1 aliphatic rings. The van der Waals surface area contributed by atoms with Gasteiger partial charge >= 0.3 is 6.03 Å². The molecule has 5 nitrogen and oxygen atoms in total. The molecular formula is C21H37N3O2. The highest BCUT2D eigenvalue weighted by Gasteiger charge is 2.26. The van der Waals surface area contributed by atoms with Crippen LogP contribution in [0.25, 0.3) is 0 Å². The smallest absolute Gasteiger partial charge is 0.317 e. The highest BCUT2D eigenvalue weighted by molar-refractivity contribution is 5.74. The van der Waals surface area contributed by atoms with Gasteiger partial charge in [-0.25, -0.2) is 4.79 Å². The van der Waals surface area contributed by atoms with E-state index in [0.717, 1.165) is 32.5 Å². The number of hydrogen-bond acceptors (Lipinski definition) is 3. The molecule has 0 aliphatic carbocycles. The number of carbonyl (C=O) groups is 1. The molecule has 26 heavy (non-hydrogen) atoms. The Kier molecular flexibility index (Phi) is 11.0. The van der Waals surface area contributed by atoms with Gasteiger partial charge in [0.25, 0.3) is 0 Å². The van der Waals surface area contributed by atoms with E-state index in [-0.39, 0.29) is 12.1 Å². The molecule has 0 spiro atoms. The Hall–Kier alpha value is -1.59. The minimum Gasteiger partial charge on any atom is -0.383 e. The van der Waals surface area contributed by atoms with Gasteiger partial charge in [0, 0.05) is 39.3 Å². The highest BCUT2D eigenvalue weighted by atomic mass is 16.5. The van der Waals surface area contributed by atoms with E-state index in [4.69, 9.17) is 4.74 Å². The Balaban J connectivity index is 0.000000401. The second-order valence-electron chi connectivity index (χ2n) is 7.32. The Morgan fingerprint density at radius 1 is 1.31 bits per heavy atom. The lowest BCUT2D eigenvalue weighted by Gasteiger charge is -2.40. The maximum atomic E-state index is 11.7. The second kappa shape index (κ2) is 12.7. The largest absolute Gasteiger partial charge is 0.383 e. The number of urea groups is 1. The Bertz CT molecular complexity index is 493. The van der Waals surface area contributed by atoms with Crippen LogP contribution in [0.5, 0.6) is 0 Å². The highest BCUT2D eigenvalue weighted by Crippen LogP contribution is 2.17. The van der Waals surface area contributed by atoms with Gasteiger partial charge in [0.15, 0.2) is 0 Å². The van der Waals surface area contributed by atoms with Gasteiger partial charge < -0.3 is 15.0 Å². The third kappa shape index (κ3) is 9.20. The number of nitrogens with one attached hydrogen (secondary N) is 1. The zero-order chi connectivity index (χ0) is 19.4. The first-order valence-corrected chi connectivity index (χ1v) is 9.70. The number of aryl methyl sites for hydroxylation is 1. The maximum Gasteiger partial charge on any atom is 0.317 e. The molecule has 1 atom stereocenters. The van der Waals surface area contributed by atoms with E-state index in [9.17, 15) is 4.79 Å². The fourth-order valence-corrected chi connectivity index (χ4v) is 2.83. The lowest BCUT2D eigenvalue weighted by molar-refractivity contribution is 0.0225. The maximum absolute atomic E-state index is 11.7. The van der Waals surface area contributed by atoms with Gasteiger partial charge in [-0.1, -0.05) is 35.9 Å². The molecule has 1 aromatic carbocycles. The molecule has 0 saturated carbocycles. The summed E-state index contributed by atoms with van der Waals surface area (Å²) < 4.78 is 5.19. The molecule has 0 aromatic heterocycles. The number of likely N-dealkylation sites (tertiary alicyclic amines) is 1. The normalized spacial score (nSPS) is 16.5. The fraction of sp³-hybridized carbons (Fsp3) is 0.667. The minimum atomic E-state index is 0.0243. The zero-order valence-corrected chi connectivity index (χ0v) is 17.2. The number of unbranched alkanes of at least 4 members (excludes halogenated alkanes) is 1. The van der Waals surface area contributed by atoms with Crippen molar-refractivity contribution in [3.63, 3.8) is 0 Å². The number of hydrogen-bond donors (Lipinski definition) is 1. The Morgan fingerprint density at radius 3 is 2.46 bits per heavy atom. The van der Waals surface area contributed by atoms with Gasteiger partial charge in [0.1, 0.15) is 0 Å². The molecule has 2 rings (SSSR count). The van der Waals surface area contributed by atoms with Crippen LogP contribution in [0.3, 0.4) is 0 Å². The molecule has 0 bridgehead atoms. The van der Waals surface area contributed by atoms with E-state index in [1.807, 2.05) is 39.1 Å². The van der Waals surface area contributed by atoms with Crippen molar-refractivity contribution in [2.75, 3.05) is 40.4 Å². The van der Waals surface area contributed by atoms with Crippen molar-refractivity contribution in [2.45, 2.75) is 52.1 Å². The first-order valence-electron chi connectivity index (χ1n) is 9.70. The van der Waals surface area contributed by atoms with E-state index in [2.05, 4.69) is 29.3 Å².